The Morgan fingerprint density at radius 2 is 1.67 bits per heavy atom. The molecule has 0 bridgehead atoms. The Hall–Kier alpha value is -2.29. The Balaban J connectivity index is 1.83. The lowest BCUT2D eigenvalue weighted by Gasteiger charge is -2.28. The van der Waals surface area contributed by atoms with Gasteiger partial charge in [-0.2, -0.15) is 0 Å². The molecule has 0 radical (unpaired) electrons. The molecule has 1 fully saturated rings. The highest BCUT2D eigenvalue weighted by molar-refractivity contribution is 5.99. The molecule has 3 nitrogen and oxygen atoms in total. The van der Waals surface area contributed by atoms with Gasteiger partial charge >= 0.3 is 0 Å². The molecule has 1 saturated carbocycles. The average molecular weight is 366 g/mol. The summed E-state index contributed by atoms with van der Waals surface area (Å²) in [7, 11) is 0. The number of carbonyl (C=O) groups excluding carboxylic acids is 1. The molecule has 1 aliphatic rings. The predicted molar refractivity (Wildman–Crippen MR) is 111 cm³/mol. The van der Waals surface area contributed by atoms with Crippen molar-refractivity contribution in [3.05, 3.63) is 59.2 Å². The molecule has 2 aromatic rings. The van der Waals surface area contributed by atoms with Crippen molar-refractivity contribution in [2.75, 3.05) is 11.9 Å². The maximum Gasteiger partial charge on any atom is 0.235 e. The van der Waals surface area contributed by atoms with Gasteiger partial charge in [0, 0.05) is 5.69 Å². The van der Waals surface area contributed by atoms with Crippen molar-refractivity contribution in [2.24, 2.45) is 5.92 Å². The van der Waals surface area contributed by atoms with Gasteiger partial charge in [-0.15, -0.1) is 0 Å². The SMILES string of the molecule is Cc1cc(NC(=O)C2(c3ccccc3)CCCC2)cc(C)c1OCC(C)C. The number of hydrogen-bond acceptors (Lipinski definition) is 2. The molecule has 0 unspecified atom stereocenters. The number of ether oxygens (including phenoxy) is 1. The van der Waals surface area contributed by atoms with Crippen LogP contribution in [-0.2, 0) is 10.2 Å². The van der Waals surface area contributed by atoms with E-state index in [1.807, 2.05) is 44.2 Å². The van der Waals surface area contributed by atoms with Crippen LogP contribution in [0.4, 0.5) is 5.69 Å². The summed E-state index contributed by atoms with van der Waals surface area (Å²) in [5.41, 5.74) is 3.70. The third kappa shape index (κ3) is 4.18. The van der Waals surface area contributed by atoms with Crippen LogP contribution in [0.2, 0.25) is 0 Å². The number of benzene rings is 2. The van der Waals surface area contributed by atoms with Crippen molar-refractivity contribution < 1.29 is 9.53 Å². The summed E-state index contributed by atoms with van der Waals surface area (Å²) in [5.74, 6) is 1.53. The minimum absolute atomic E-state index is 0.112. The standard InChI is InChI=1S/C24H31NO2/c1-17(2)16-27-22-18(3)14-21(15-19(22)4)25-23(26)24(12-8-9-13-24)20-10-6-5-7-11-20/h5-7,10-11,14-15,17H,8-9,12-13,16H2,1-4H3,(H,25,26). The lowest BCUT2D eigenvalue weighted by molar-refractivity contribution is -0.121. The fraction of sp³-hybridized carbons (Fsp3) is 0.458. The van der Waals surface area contributed by atoms with Gasteiger partial charge in [0.25, 0.3) is 0 Å². The van der Waals surface area contributed by atoms with Crippen molar-refractivity contribution >= 4 is 11.6 Å². The summed E-state index contributed by atoms with van der Waals surface area (Å²) in [6.07, 6.45) is 4.03. The van der Waals surface area contributed by atoms with Crippen LogP contribution in [0.15, 0.2) is 42.5 Å². The highest BCUT2D eigenvalue weighted by atomic mass is 16.5. The zero-order valence-corrected chi connectivity index (χ0v) is 17.0. The van der Waals surface area contributed by atoms with Gasteiger partial charge < -0.3 is 10.1 Å². The maximum absolute atomic E-state index is 13.3. The van der Waals surface area contributed by atoms with E-state index >= 15 is 0 Å². The molecule has 1 N–H and O–H groups in total. The van der Waals surface area contributed by atoms with Gasteiger partial charge in [-0.25, -0.2) is 0 Å². The fourth-order valence-corrected chi connectivity index (χ4v) is 4.13. The number of rotatable bonds is 6. The van der Waals surface area contributed by atoms with Crippen LogP contribution in [-0.4, -0.2) is 12.5 Å². The molecule has 3 heteroatoms. The molecule has 0 aromatic heterocycles. The Morgan fingerprint density at radius 3 is 2.22 bits per heavy atom. The van der Waals surface area contributed by atoms with Crippen LogP contribution in [0.1, 0.15) is 56.2 Å². The first-order valence-electron chi connectivity index (χ1n) is 10.0. The second-order valence-electron chi connectivity index (χ2n) is 8.25. The van der Waals surface area contributed by atoms with Crippen molar-refractivity contribution in [2.45, 2.75) is 58.8 Å². The van der Waals surface area contributed by atoms with E-state index in [1.165, 1.54) is 0 Å². The Kier molecular flexibility index (Phi) is 5.88. The second kappa shape index (κ2) is 8.16. The largest absolute Gasteiger partial charge is 0.493 e. The van der Waals surface area contributed by atoms with E-state index < -0.39 is 5.41 Å². The predicted octanol–water partition coefficient (Wildman–Crippen LogP) is 5.79. The molecule has 0 heterocycles. The Labute approximate surface area is 163 Å². The minimum atomic E-state index is -0.407. The van der Waals surface area contributed by atoms with E-state index in [0.29, 0.717) is 12.5 Å². The maximum atomic E-state index is 13.3. The summed E-state index contributed by atoms with van der Waals surface area (Å²) in [5, 5.41) is 3.20. The first-order valence-corrected chi connectivity index (χ1v) is 10.0. The van der Waals surface area contributed by atoms with E-state index in [9.17, 15) is 4.79 Å². The second-order valence-corrected chi connectivity index (χ2v) is 8.25. The van der Waals surface area contributed by atoms with E-state index in [4.69, 9.17) is 4.74 Å². The number of hydrogen-bond donors (Lipinski definition) is 1. The van der Waals surface area contributed by atoms with Crippen LogP contribution < -0.4 is 10.1 Å². The zero-order chi connectivity index (χ0) is 19.4. The van der Waals surface area contributed by atoms with Crippen molar-refractivity contribution in [3.8, 4) is 5.75 Å². The molecule has 144 valence electrons. The lowest BCUT2D eigenvalue weighted by Crippen LogP contribution is -2.38. The summed E-state index contributed by atoms with van der Waals surface area (Å²) < 4.78 is 5.97. The molecule has 1 amide bonds. The number of nitrogens with one attached hydrogen (secondary N) is 1. The highest BCUT2D eigenvalue weighted by Crippen LogP contribution is 2.42. The molecule has 27 heavy (non-hydrogen) atoms. The quantitative estimate of drug-likeness (QED) is 0.704. The van der Waals surface area contributed by atoms with Gasteiger partial charge in [-0.05, 0) is 61.4 Å². The molecule has 0 spiro atoms. The first kappa shape index (κ1) is 19.5. The van der Waals surface area contributed by atoms with Crippen molar-refractivity contribution in [3.63, 3.8) is 0 Å². The monoisotopic (exact) mass is 365 g/mol. The smallest absolute Gasteiger partial charge is 0.235 e. The number of aryl methyl sites for hydroxylation is 2. The van der Waals surface area contributed by atoms with E-state index in [0.717, 1.165) is 53.8 Å². The van der Waals surface area contributed by atoms with Crippen LogP contribution in [0.25, 0.3) is 0 Å². The molecule has 0 saturated heterocycles. The van der Waals surface area contributed by atoms with Crippen molar-refractivity contribution in [1.82, 2.24) is 0 Å². The molecule has 1 aliphatic carbocycles. The third-order valence-electron chi connectivity index (χ3n) is 5.50. The minimum Gasteiger partial charge on any atom is -0.493 e. The van der Waals surface area contributed by atoms with Gasteiger partial charge in [0.15, 0.2) is 0 Å². The highest BCUT2D eigenvalue weighted by Gasteiger charge is 2.42. The molecule has 0 atom stereocenters. The Bertz CT molecular complexity index is 766. The lowest BCUT2D eigenvalue weighted by atomic mass is 9.78. The van der Waals surface area contributed by atoms with Gasteiger partial charge in [-0.1, -0.05) is 57.0 Å². The zero-order valence-electron chi connectivity index (χ0n) is 17.0. The van der Waals surface area contributed by atoms with Crippen LogP contribution in [0, 0.1) is 19.8 Å². The summed E-state index contributed by atoms with van der Waals surface area (Å²) in [4.78, 5) is 13.3. The fourth-order valence-electron chi connectivity index (χ4n) is 4.13. The summed E-state index contributed by atoms with van der Waals surface area (Å²) in [6.45, 7) is 9.07. The van der Waals surface area contributed by atoms with E-state index in [2.05, 4.69) is 31.3 Å². The van der Waals surface area contributed by atoms with Gasteiger partial charge in [0.05, 0.1) is 12.0 Å². The van der Waals surface area contributed by atoms with Crippen molar-refractivity contribution in [1.29, 1.82) is 0 Å². The number of carbonyl (C=O) groups is 1. The average Bonchev–Trinajstić information content (AvgIpc) is 3.12. The first-order chi connectivity index (χ1) is 12.9. The topological polar surface area (TPSA) is 38.3 Å². The van der Waals surface area contributed by atoms with Crippen LogP contribution >= 0.6 is 0 Å². The van der Waals surface area contributed by atoms with E-state index in [-0.39, 0.29) is 5.91 Å². The van der Waals surface area contributed by atoms with E-state index in [1.54, 1.807) is 0 Å². The molecule has 3 rings (SSSR count). The normalized spacial score (nSPS) is 15.7. The number of anilines is 1. The molecule has 0 aliphatic heterocycles. The van der Waals surface area contributed by atoms with Gasteiger partial charge in [-0.3, -0.25) is 4.79 Å². The van der Waals surface area contributed by atoms with Gasteiger partial charge in [0.1, 0.15) is 5.75 Å². The molecular formula is C24H31NO2. The van der Waals surface area contributed by atoms with Gasteiger partial charge in [0.2, 0.25) is 5.91 Å². The molecular weight excluding hydrogens is 334 g/mol. The molecule has 2 aromatic carbocycles. The Morgan fingerprint density at radius 1 is 1.07 bits per heavy atom. The third-order valence-corrected chi connectivity index (χ3v) is 5.50. The summed E-state index contributed by atoms with van der Waals surface area (Å²) >= 11 is 0. The summed E-state index contributed by atoms with van der Waals surface area (Å²) in [6, 6.07) is 14.3. The van der Waals surface area contributed by atoms with Crippen LogP contribution in [0.3, 0.4) is 0 Å². The number of amides is 1. The van der Waals surface area contributed by atoms with Crippen LogP contribution in [0.5, 0.6) is 5.75 Å².